The number of rotatable bonds is 3. The van der Waals surface area contributed by atoms with E-state index in [1.165, 1.54) is 11.3 Å². The summed E-state index contributed by atoms with van der Waals surface area (Å²) in [5.74, 6) is -0.406. The average molecular weight is 330 g/mol. The Bertz CT molecular complexity index is 685. The molecular weight excluding hydrogens is 321 g/mol. The highest BCUT2D eigenvalue weighted by atomic mass is 35.5. The van der Waals surface area contributed by atoms with Crippen molar-refractivity contribution in [2.24, 2.45) is 5.16 Å². The van der Waals surface area contributed by atoms with Gasteiger partial charge in [0.25, 0.3) is 5.91 Å². The Hall–Kier alpha value is -1.63. The molecule has 0 aliphatic rings. The molecule has 8 heteroatoms. The molecule has 1 aromatic carbocycles. The highest BCUT2D eigenvalue weighted by Gasteiger charge is 2.14. The summed E-state index contributed by atoms with van der Waals surface area (Å²) in [5, 5.41) is 16.9. The van der Waals surface area contributed by atoms with Gasteiger partial charge in [0.15, 0.2) is 5.13 Å². The highest BCUT2D eigenvalue weighted by Crippen LogP contribution is 2.26. The summed E-state index contributed by atoms with van der Waals surface area (Å²) in [6.45, 7) is 1.61. The van der Waals surface area contributed by atoms with Gasteiger partial charge in [-0.3, -0.25) is 10.1 Å². The molecule has 0 unspecified atom stereocenters. The van der Waals surface area contributed by atoms with E-state index in [4.69, 9.17) is 28.4 Å². The number of nitrogens with zero attached hydrogens (tertiary/aromatic N) is 2. The van der Waals surface area contributed by atoms with Crippen molar-refractivity contribution in [3.8, 4) is 0 Å². The molecule has 0 saturated carbocycles. The molecule has 0 saturated heterocycles. The molecule has 0 aliphatic heterocycles. The summed E-state index contributed by atoms with van der Waals surface area (Å²) < 4.78 is 0. The number of amides is 1. The fraction of sp³-hybridized carbons (Fsp3) is 0.0833. The minimum absolute atomic E-state index is 0.191. The van der Waals surface area contributed by atoms with Crippen LogP contribution in [0.1, 0.15) is 23.0 Å². The Balaban J connectivity index is 2.20. The highest BCUT2D eigenvalue weighted by molar-refractivity contribution is 7.14. The number of hydrogen-bond acceptors (Lipinski definition) is 5. The Labute approximate surface area is 128 Å². The molecular formula is C12H9Cl2N3O2S. The van der Waals surface area contributed by atoms with E-state index in [0.717, 1.165) is 0 Å². The molecule has 0 aliphatic carbocycles. The minimum Gasteiger partial charge on any atom is -0.411 e. The van der Waals surface area contributed by atoms with Crippen LogP contribution in [-0.2, 0) is 0 Å². The van der Waals surface area contributed by atoms with Gasteiger partial charge in [0.2, 0.25) is 0 Å². The van der Waals surface area contributed by atoms with Crippen LogP contribution in [-0.4, -0.2) is 21.8 Å². The Kier molecular flexibility index (Phi) is 4.59. The quantitative estimate of drug-likeness (QED) is 0.509. The largest absolute Gasteiger partial charge is 0.411 e. The molecule has 104 valence electrons. The van der Waals surface area contributed by atoms with E-state index >= 15 is 0 Å². The Morgan fingerprint density at radius 2 is 2.20 bits per heavy atom. The van der Waals surface area contributed by atoms with Gasteiger partial charge in [-0.15, -0.1) is 11.3 Å². The van der Waals surface area contributed by atoms with Crippen LogP contribution in [0.5, 0.6) is 0 Å². The molecule has 0 atom stereocenters. The van der Waals surface area contributed by atoms with Gasteiger partial charge in [-0.25, -0.2) is 4.98 Å². The van der Waals surface area contributed by atoms with Crippen molar-refractivity contribution in [2.75, 3.05) is 5.32 Å². The molecule has 1 heterocycles. The number of halogens is 2. The number of carbonyl (C=O) groups is 1. The number of hydrogen-bond donors (Lipinski definition) is 2. The lowest BCUT2D eigenvalue weighted by Crippen LogP contribution is -2.12. The predicted octanol–water partition coefficient (Wildman–Crippen LogP) is 3.90. The summed E-state index contributed by atoms with van der Waals surface area (Å²) in [5.41, 5.74) is 1.12. The van der Waals surface area contributed by atoms with Gasteiger partial charge in [0.1, 0.15) is 11.4 Å². The molecule has 1 amide bonds. The smallest absolute Gasteiger partial charge is 0.259 e. The number of oxime groups is 1. The second-order valence-corrected chi connectivity index (χ2v) is 5.42. The molecule has 20 heavy (non-hydrogen) atoms. The summed E-state index contributed by atoms with van der Waals surface area (Å²) in [6.07, 6.45) is 0. The molecule has 2 N–H and O–H groups in total. The number of benzene rings is 1. The van der Waals surface area contributed by atoms with Crippen LogP contribution in [0.2, 0.25) is 10.0 Å². The maximum atomic E-state index is 12.1. The molecule has 5 nitrogen and oxygen atoms in total. The van der Waals surface area contributed by atoms with Crippen LogP contribution in [0, 0.1) is 0 Å². The first kappa shape index (κ1) is 14.8. The zero-order chi connectivity index (χ0) is 14.7. The zero-order valence-electron chi connectivity index (χ0n) is 10.2. The van der Waals surface area contributed by atoms with Crippen molar-refractivity contribution < 1.29 is 10.0 Å². The lowest BCUT2D eigenvalue weighted by molar-refractivity contribution is 0.102. The van der Waals surface area contributed by atoms with Crippen LogP contribution in [0.3, 0.4) is 0 Å². The number of aromatic nitrogens is 1. The van der Waals surface area contributed by atoms with E-state index in [9.17, 15) is 4.79 Å². The predicted molar refractivity (Wildman–Crippen MR) is 80.5 cm³/mol. The number of nitrogens with one attached hydrogen (secondary N) is 1. The third-order valence-corrected chi connectivity index (χ3v) is 4.02. The van der Waals surface area contributed by atoms with Crippen LogP contribution >= 0.6 is 34.5 Å². The van der Waals surface area contributed by atoms with E-state index in [0.29, 0.717) is 21.6 Å². The summed E-state index contributed by atoms with van der Waals surface area (Å²) >= 11 is 13.0. The van der Waals surface area contributed by atoms with E-state index < -0.39 is 5.91 Å². The zero-order valence-corrected chi connectivity index (χ0v) is 12.6. The van der Waals surface area contributed by atoms with Crippen LogP contribution < -0.4 is 5.32 Å². The second kappa shape index (κ2) is 6.21. The van der Waals surface area contributed by atoms with Gasteiger partial charge in [0.05, 0.1) is 15.6 Å². The Morgan fingerprint density at radius 1 is 1.45 bits per heavy atom. The fourth-order valence-electron chi connectivity index (χ4n) is 1.39. The van der Waals surface area contributed by atoms with Crippen LogP contribution in [0.15, 0.2) is 28.7 Å². The maximum Gasteiger partial charge on any atom is 0.259 e. The van der Waals surface area contributed by atoms with Crippen LogP contribution in [0.4, 0.5) is 5.13 Å². The lowest BCUT2D eigenvalue weighted by Gasteiger charge is -2.04. The second-order valence-electron chi connectivity index (χ2n) is 3.78. The first-order chi connectivity index (χ1) is 9.52. The van der Waals surface area contributed by atoms with Crippen molar-refractivity contribution >= 4 is 51.3 Å². The van der Waals surface area contributed by atoms with Crippen molar-refractivity contribution in [1.29, 1.82) is 0 Å². The van der Waals surface area contributed by atoms with E-state index in [1.54, 1.807) is 30.5 Å². The third-order valence-electron chi connectivity index (χ3n) is 2.44. The van der Waals surface area contributed by atoms with Crippen LogP contribution in [0.25, 0.3) is 0 Å². The van der Waals surface area contributed by atoms with Crippen molar-refractivity contribution in [2.45, 2.75) is 6.92 Å². The van der Waals surface area contributed by atoms with E-state index in [-0.39, 0.29) is 10.6 Å². The maximum absolute atomic E-state index is 12.1. The summed E-state index contributed by atoms with van der Waals surface area (Å²) in [7, 11) is 0. The molecule has 0 radical (unpaired) electrons. The molecule has 2 rings (SSSR count). The van der Waals surface area contributed by atoms with E-state index in [1.807, 2.05) is 0 Å². The molecule has 0 fully saturated rings. The van der Waals surface area contributed by atoms with Crippen molar-refractivity contribution in [3.05, 3.63) is 44.9 Å². The topological polar surface area (TPSA) is 74.6 Å². The molecule has 1 aromatic heterocycles. The first-order valence-corrected chi connectivity index (χ1v) is 7.06. The number of thiazole rings is 1. The van der Waals surface area contributed by atoms with Gasteiger partial charge in [-0.1, -0.05) is 34.4 Å². The summed E-state index contributed by atoms with van der Waals surface area (Å²) in [6, 6.07) is 4.81. The van der Waals surface area contributed by atoms with Gasteiger partial charge >= 0.3 is 0 Å². The minimum atomic E-state index is -0.406. The third kappa shape index (κ3) is 3.09. The van der Waals surface area contributed by atoms with Crippen molar-refractivity contribution in [3.63, 3.8) is 0 Å². The average Bonchev–Trinajstić information content (AvgIpc) is 2.89. The standard InChI is InChI=1S/C12H9Cl2N3O2S/c1-6(17-19)9-5-20-12(15-9)16-11(18)7-3-2-4-8(13)10(7)14/h2-5,19H,1H3,(H,15,16,18). The molecule has 0 spiro atoms. The van der Waals surface area contributed by atoms with Gasteiger partial charge in [-0.05, 0) is 19.1 Å². The van der Waals surface area contributed by atoms with Crippen molar-refractivity contribution in [1.82, 2.24) is 4.98 Å². The first-order valence-electron chi connectivity index (χ1n) is 5.43. The number of anilines is 1. The normalized spacial score (nSPS) is 11.4. The fourth-order valence-corrected chi connectivity index (χ4v) is 2.53. The lowest BCUT2D eigenvalue weighted by atomic mass is 10.2. The van der Waals surface area contributed by atoms with E-state index in [2.05, 4.69) is 15.5 Å². The van der Waals surface area contributed by atoms with Gasteiger partial charge in [-0.2, -0.15) is 0 Å². The SMILES string of the molecule is CC(=NO)c1csc(NC(=O)c2cccc(Cl)c2Cl)n1. The molecule has 0 bridgehead atoms. The monoisotopic (exact) mass is 329 g/mol. The van der Waals surface area contributed by atoms with Gasteiger partial charge in [0, 0.05) is 5.38 Å². The molecule has 2 aromatic rings. The van der Waals surface area contributed by atoms with Gasteiger partial charge < -0.3 is 5.21 Å². The summed E-state index contributed by atoms with van der Waals surface area (Å²) in [4.78, 5) is 16.2. The Morgan fingerprint density at radius 3 is 2.90 bits per heavy atom. The number of carbonyl (C=O) groups excluding carboxylic acids is 1.